The maximum atomic E-state index is 12.3. The lowest BCUT2D eigenvalue weighted by Crippen LogP contribution is -2.24. The highest BCUT2D eigenvalue weighted by atomic mass is 16.5. The van der Waals surface area contributed by atoms with E-state index in [1.807, 2.05) is 18.2 Å². The lowest BCUT2D eigenvalue weighted by atomic mass is 10.1. The van der Waals surface area contributed by atoms with Gasteiger partial charge in [0.2, 0.25) is 0 Å². The Morgan fingerprint density at radius 2 is 1.86 bits per heavy atom. The van der Waals surface area contributed by atoms with Crippen molar-refractivity contribution in [3.63, 3.8) is 0 Å². The molecule has 2 rings (SSSR count). The highest BCUT2D eigenvalue weighted by Crippen LogP contribution is 2.30. The second kappa shape index (κ2) is 6.65. The van der Waals surface area contributed by atoms with Crippen molar-refractivity contribution in [1.82, 2.24) is 5.32 Å². The first kappa shape index (κ1) is 14.7. The first-order chi connectivity index (χ1) is 10.2. The number of carbonyl (C=O) groups is 1. The lowest BCUT2D eigenvalue weighted by Gasteiger charge is -2.13. The van der Waals surface area contributed by atoms with Crippen molar-refractivity contribution in [2.45, 2.75) is 6.54 Å². The van der Waals surface area contributed by atoms with Gasteiger partial charge >= 0.3 is 0 Å². The van der Waals surface area contributed by atoms with Crippen LogP contribution in [0, 0.1) is 0 Å². The topological polar surface area (TPSA) is 73.6 Å². The molecule has 5 heteroatoms. The van der Waals surface area contributed by atoms with Gasteiger partial charge in [-0.05, 0) is 23.8 Å². The van der Waals surface area contributed by atoms with Gasteiger partial charge in [-0.25, -0.2) is 0 Å². The van der Waals surface area contributed by atoms with Crippen molar-refractivity contribution in [2.24, 2.45) is 0 Å². The number of benzene rings is 2. The number of methoxy groups -OCH3 is 2. The molecule has 0 aliphatic heterocycles. The molecule has 2 aromatic rings. The number of para-hydroxylation sites is 2. The maximum Gasteiger partial charge on any atom is 0.255 e. The Balaban J connectivity index is 2.16. The molecular formula is C16H18N2O3. The molecule has 3 N–H and O–H groups in total. The fourth-order valence-corrected chi connectivity index (χ4v) is 2.03. The number of carbonyl (C=O) groups excluding carboxylic acids is 1. The summed E-state index contributed by atoms with van der Waals surface area (Å²) >= 11 is 0. The van der Waals surface area contributed by atoms with Crippen LogP contribution in [-0.2, 0) is 6.54 Å². The predicted molar refractivity (Wildman–Crippen MR) is 81.6 cm³/mol. The van der Waals surface area contributed by atoms with E-state index in [1.165, 1.54) is 14.2 Å². The van der Waals surface area contributed by atoms with Crippen molar-refractivity contribution in [2.75, 3.05) is 20.0 Å². The summed E-state index contributed by atoms with van der Waals surface area (Å²) in [5.41, 5.74) is 7.79. The maximum absolute atomic E-state index is 12.3. The second-order valence-corrected chi connectivity index (χ2v) is 4.42. The molecule has 21 heavy (non-hydrogen) atoms. The van der Waals surface area contributed by atoms with Gasteiger partial charge in [-0.15, -0.1) is 0 Å². The number of ether oxygens (including phenoxy) is 2. The number of amides is 1. The Labute approximate surface area is 123 Å². The third-order valence-corrected chi connectivity index (χ3v) is 3.14. The van der Waals surface area contributed by atoms with E-state index >= 15 is 0 Å². The van der Waals surface area contributed by atoms with Crippen molar-refractivity contribution in [3.8, 4) is 11.5 Å². The monoisotopic (exact) mass is 286 g/mol. The molecular weight excluding hydrogens is 268 g/mol. The normalized spacial score (nSPS) is 10.0. The molecule has 0 radical (unpaired) electrons. The van der Waals surface area contributed by atoms with Crippen LogP contribution in [0.5, 0.6) is 11.5 Å². The average Bonchev–Trinajstić information content (AvgIpc) is 2.52. The van der Waals surface area contributed by atoms with E-state index in [0.717, 1.165) is 5.56 Å². The van der Waals surface area contributed by atoms with E-state index in [-0.39, 0.29) is 5.91 Å². The predicted octanol–water partition coefficient (Wildman–Crippen LogP) is 2.22. The Kier molecular flexibility index (Phi) is 4.66. The van der Waals surface area contributed by atoms with E-state index in [2.05, 4.69) is 5.32 Å². The van der Waals surface area contributed by atoms with Gasteiger partial charge in [0.1, 0.15) is 0 Å². The lowest BCUT2D eigenvalue weighted by molar-refractivity contribution is 0.0947. The van der Waals surface area contributed by atoms with Crippen LogP contribution in [0.3, 0.4) is 0 Å². The Morgan fingerprint density at radius 3 is 2.52 bits per heavy atom. The Hall–Kier alpha value is -2.69. The van der Waals surface area contributed by atoms with E-state index in [9.17, 15) is 4.79 Å². The van der Waals surface area contributed by atoms with E-state index in [0.29, 0.717) is 29.3 Å². The number of hydrogen-bond donors (Lipinski definition) is 2. The highest BCUT2D eigenvalue weighted by molar-refractivity contribution is 5.97. The molecule has 5 nitrogen and oxygen atoms in total. The van der Waals surface area contributed by atoms with Crippen LogP contribution in [0.15, 0.2) is 42.5 Å². The summed E-state index contributed by atoms with van der Waals surface area (Å²) in [7, 11) is 3.04. The zero-order chi connectivity index (χ0) is 15.2. The van der Waals surface area contributed by atoms with Gasteiger partial charge in [-0.3, -0.25) is 4.79 Å². The van der Waals surface area contributed by atoms with Crippen LogP contribution in [0.2, 0.25) is 0 Å². The third kappa shape index (κ3) is 3.25. The van der Waals surface area contributed by atoms with Gasteiger partial charge in [0, 0.05) is 12.2 Å². The van der Waals surface area contributed by atoms with E-state index < -0.39 is 0 Å². The quantitative estimate of drug-likeness (QED) is 0.827. The summed E-state index contributed by atoms with van der Waals surface area (Å²) in [6, 6.07) is 12.6. The van der Waals surface area contributed by atoms with Crippen molar-refractivity contribution < 1.29 is 14.3 Å². The number of anilines is 1. The summed E-state index contributed by atoms with van der Waals surface area (Å²) in [4.78, 5) is 12.3. The molecule has 0 bridgehead atoms. The molecule has 0 saturated carbocycles. The van der Waals surface area contributed by atoms with Gasteiger partial charge in [-0.2, -0.15) is 0 Å². The first-order valence-electron chi connectivity index (χ1n) is 6.50. The largest absolute Gasteiger partial charge is 0.493 e. The minimum atomic E-state index is -0.242. The Bertz CT molecular complexity index is 641. The van der Waals surface area contributed by atoms with Crippen LogP contribution in [0.1, 0.15) is 15.9 Å². The first-order valence-corrected chi connectivity index (χ1v) is 6.50. The summed E-state index contributed by atoms with van der Waals surface area (Å²) in [5, 5.41) is 2.83. The molecule has 0 aliphatic carbocycles. The molecule has 0 heterocycles. The molecule has 0 aliphatic rings. The SMILES string of the molecule is COc1cccc(C(=O)NCc2ccccc2N)c1OC. The zero-order valence-corrected chi connectivity index (χ0v) is 12.1. The second-order valence-electron chi connectivity index (χ2n) is 4.42. The molecule has 0 aromatic heterocycles. The van der Waals surface area contributed by atoms with Gasteiger partial charge in [-0.1, -0.05) is 24.3 Å². The van der Waals surface area contributed by atoms with E-state index in [1.54, 1.807) is 24.3 Å². The van der Waals surface area contributed by atoms with Gasteiger partial charge in [0.05, 0.1) is 19.8 Å². The standard InChI is InChI=1S/C16H18N2O3/c1-20-14-9-5-7-12(15(14)21-2)16(19)18-10-11-6-3-4-8-13(11)17/h3-9H,10,17H2,1-2H3,(H,18,19). The average molecular weight is 286 g/mol. The highest BCUT2D eigenvalue weighted by Gasteiger charge is 2.16. The van der Waals surface area contributed by atoms with Crippen LogP contribution >= 0.6 is 0 Å². The molecule has 0 unspecified atom stereocenters. The molecule has 0 fully saturated rings. The van der Waals surface area contributed by atoms with E-state index in [4.69, 9.17) is 15.2 Å². The van der Waals surface area contributed by atoms with Crippen LogP contribution in [0.4, 0.5) is 5.69 Å². The number of hydrogen-bond acceptors (Lipinski definition) is 4. The summed E-state index contributed by atoms with van der Waals surface area (Å²) in [6.07, 6.45) is 0. The number of rotatable bonds is 5. The van der Waals surface area contributed by atoms with Gasteiger partial charge in [0.25, 0.3) is 5.91 Å². The molecule has 0 saturated heterocycles. The van der Waals surface area contributed by atoms with Crippen molar-refractivity contribution >= 4 is 11.6 Å². The van der Waals surface area contributed by atoms with Gasteiger partial charge < -0.3 is 20.5 Å². The zero-order valence-electron chi connectivity index (χ0n) is 12.1. The smallest absolute Gasteiger partial charge is 0.255 e. The van der Waals surface area contributed by atoms with Crippen LogP contribution < -0.4 is 20.5 Å². The van der Waals surface area contributed by atoms with Crippen molar-refractivity contribution in [1.29, 1.82) is 0 Å². The minimum Gasteiger partial charge on any atom is -0.493 e. The Morgan fingerprint density at radius 1 is 1.10 bits per heavy atom. The number of nitrogens with one attached hydrogen (secondary N) is 1. The summed E-state index contributed by atoms with van der Waals surface area (Å²) < 4.78 is 10.4. The molecule has 2 aromatic carbocycles. The van der Waals surface area contributed by atoms with Gasteiger partial charge in [0.15, 0.2) is 11.5 Å². The fourth-order valence-electron chi connectivity index (χ4n) is 2.03. The van der Waals surface area contributed by atoms with Crippen LogP contribution in [0.25, 0.3) is 0 Å². The molecule has 0 spiro atoms. The summed E-state index contributed by atoms with van der Waals surface area (Å²) in [5.74, 6) is 0.692. The summed E-state index contributed by atoms with van der Waals surface area (Å²) in [6.45, 7) is 0.353. The molecule has 0 atom stereocenters. The molecule has 110 valence electrons. The minimum absolute atomic E-state index is 0.242. The number of nitrogens with two attached hydrogens (primary N) is 1. The third-order valence-electron chi connectivity index (χ3n) is 3.14. The van der Waals surface area contributed by atoms with Crippen molar-refractivity contribution in [3.05, 3.63) is 53.6 Å². The number of nitrogen functional groups attached to an aromatic ring is 1. The fraction of sp³-hybridized carbons (Fsp3) is 0.188. The molecule has 1 amide bonds. The van der Waals surface area contributed by atoms with Crippen LogP contribution in [-0.4, -0.2) is 20.1 Å².